The molecule has 1 aromatic heterocycles. The van der Waals surface area contributed by atoms with Crippen LogP contribution in [-0.4, -0.2) is 39.1 Å². The summed E-state index contributed by atoms with van der Waals surface area (Å²) >= 11 is 1.35. The van der Waals surface area contributed by atoms with E-state index in [1.54, 1.807) is 25.1 Å². The fourth-order valence-corrected chi connectivity index (χ4v) is 5.73. The molecule has 170 valence electrons. The standard InChI is InChI=1S/C27H27FN2O2S/c1-17(31)33-25-12-13-30(16-20(25)14-19-15-29-24-9-5-3-6-21(19)24)26(27(32)18-10-11-18)22-7-2-4-8-23(22)28/h2-9,14-15,18,25-26,29H,10-13,16H2,1H3/b20-14+. The Morgan fingerprint density at radius 2 is 1.88 bits per heavy atom. The summed E-state index contributed by atoms with van der Waals surface area (Å²) < 4.78 is 14.8. The molecule has 4 nitrogen and oxygen atoms in total. The lowest BCUT2D eigenvalue weighted by Crippen LogP contribution is -2.43. The highest BCUT2D eigenvalue weighted by Gasteiger charge is 2.41. The Morgan fingerprint density at radius 1 is 1.12 bits per heavy atom. The molecule has 0 spiro atoms. The van der Waals surface area contributed by atoms with Crippen molar-refractivity contribution < 1.29 is 14.0 Å². The largest absolute Gasteiger partial charge is 0.361 e. The van der Waals surface area contributed by atoms with Gasteiger partial charge in [-0.1, -0.05) is 54.2 Å². The first-order chi connectivity index (χ1) is 16.0. The van der Waals surface area contributed by atoms with E-state index in [1.807, 2.05) is 24.4 Å². The Kier molecular flexibility index (Phi) is 6.21. The number of nitrogens with zero attached hydrogens (tertiary/aromatic N) is 1. The molecular weight excluding hydrogens is 435 g/mol. The van der Waals surface area contributed by atoms with Crippen LogP contribution in [-0.2, 0) is 9.59 Å². The molecular formula is C27H27FN2O2S. The van der Waals surface area contributed by atoms with Crippen molar-refractivity contribution in [2.75, 3.05) is 13.1 Å². The van der Waals surface area contributed by atoms with Gasteiger partial charge in [-0.05, 0) is 42.5 Å². The van der Waals surface area contributed by atoms with Gasteiger partial charge < -0.3 is 4.98 Å². The van der Waals surface area contributed by atoms with Crippen LogP contribution < -0.4 is 0 Å². The van der Waals surface area contributed by atoms with Crippen LogP contribution in [0.25, 0.3) is 17.0 Å². The average molecular weight is 463 g/mol. The molecule has 2 fully saturated rings. The molecule has 3 aromatic rings. The van der Waals surface area contributed by atoms with Gasteiger partial charge in [0.1, 0.15) is 5.82 Å². The van der Waals surface area contributed by atoms with Gasteiger partial charge in [0.25, 0.3) is 0 Å². The van der Waals surface area contributed by atoms with E-state index in [4.69, 9.17) is 0 Å². The van der Waals surface area contributed by atoms with Gasteiger partial charge >= 0.3 is 0 Å². The lowest BCUT2D eigenvalue weighted by molar-refractivity contribution is -0.126. The molecule has 5 rings (SSSR count). The van der Waals surface area contributed by atoms with Gasteiger partial charge in [0, 0.05) is 53.8 Å². The Labute approximate surface area is 197 Å². The summed E-state index contributed by atoms with van der Waals surface area (Å²) in [5, 5.41) is 1.25. The maximum Gasteiger partial charge on any atom is 0.186 e. The number of aromatic nitrogens is 1. The molecule has 0 bridgehead atoms. The zero-order chi connectivity index (χ0) is 22.9. The summed E-state index contributed by atoms with van der Waals surface area (Å²) in [6, 6.07) is 14.2. The number of nitrogens with one attached hydrogen (secondary N) is 1. The van der Waals surface area contributed by atoms with E-state index in [-0.39, 0.29) is 27.9 Å². The number of piperidine rings is 1. The number of carbonyl (C=O) groups is 2. The predicted molar refractivity (Wildman–Crippen MR) is 131 cm³/mol. The van der Waals surface area contributed by atoms with Crippen LogP contribution in [0.3, 0.4) is 0 Å². The minimum Gasteiger partial charge on any atom is -0.361 e. The Balaban J connectivity index is 1.52. The van der Waals surface area contributed by atoms with E-state index in [1.165, 1.54) is 17.8 Å². The second kappa shape index (κ2) is 9.27. The van der Waals surface area contributed by atoms with Crippen LogP contribution in [0.2, 0.25) is 0 Å². The number of hydrogen-bond donors (Lipinski definition) is 1. The lowest BCUT2D eigenvalue weighted by Gasteiger charge is -2.38. The third-order valence-corrected chi connectivity index (χ3v) is 7.72. The van der Waals surface area contributed by atoms with Gasteiger partial charge in [0.15, 0.2) is 10.9 Å². The van der Waals surface area contributed by atoms with E-state index in [0.29, 0.717) is 18.7 Å². The van der Waals surface area contributed by atoms with Crippen molar-refractivity contribution in [1.29, 1.82) is 0 Å². The molecule has 1 saturated heterocycles. The number of para-hydroxylation sites is 1. The van der Waals surface area contributed by atoms with E-state index < -0.39 is 6.04 Å². The van der Waals surface area contributed by atoms with Gasteiger partial charge in [-0.25, -0.2) is 4.39 Å². The van der Waals surface area contributed by atoms with Gasteiger partial charge in [-0.3, -0.25) is 14.5 Å². The molecule has 1 saturated carbocycles. The van der Waals surface area contributed by atoms with Crippen LogP contribution in [0.4, 0.5) is 4.39 Å². The molecule has 0 radical (unpaired) electrons. The van der Waals surface area contributed by atoms with Crippen LogP contribution in [0, 0.1) is 11.7 Å². The summed E-state index contributed by atoms with van der Waals surface area (Å²) in [5.74, 6) is -0.192. The van der Waals surface area contributed by atoms with E-state index >= 15 is 0 Å². The highest BCUT2D eigenvalue weighted by Crippen LogP contribution is 2.41. The molecule has 1 N–H and O–H groups in total. The molecule has 0 amide bonds. The van der Waals surface area contributed by atoms with Gasteiger partial charge in [0.05, 0.1) is 6.04 Å². The second-order valence-electron chi connectivity index (χ2n) is 8.97. The maximum atomic E-state index is 14.8. The fraction of sp³-hybridized carbons (Fsp3) is 0.333. The minimum absolute atomic E-state index is 0.0278. The predicted octanol–water partition coefficient (Wildman–Crippen LogP) is 5.76. The number of Topliss-reactive ketones (excluding diaryl/α,β-unsaturated/α-hetero) is 1. The maximum absolute atomic E-state index is 14.8. The summed E-state index contributed by atoms with van der Waals surface area (Å²) in [6.45, 7) is 2.77. The van der Waals surface area contributed by atoms with Crippen LogP contribution in [0.1, 0.15) is 43.4 Å². The van der Waals surface area contributed by atoms with Gasteiger partial charge in [-0.2, -0.15) is 0 Å². The molecule has 2 heterocycles. The van der Waals surface area contributed by atoms with Crippen LogP contribution in [0.5, 0.6) is 0 Å². The highest BCUT2D eigenvalue weighted by atomic mass is 32.2. The number of aromatic amines is 1. The highest BCUT2D eigenvalue weighted by molar-refractivity contribution is 8.14. The van der Waals surface area contributed by atoms with E-state index in [0.717, 1.165) is 41.3 Å². The molecule has 2 unspecified atom stereocenters. The lowest BCUT2D eigenvalue weighted by atomic mass is 9.93. The summed E-state index contributed by atoms with van der Waals surface area (Å²) in [6.07, 6.45) is 6.64. The normalized spacial score (nSPS) is 21.4. The number of halogens is 1. The molecule has 2 aromatic carbocycles. The van der Waals surface area contributed by atoms with Crippen molar-refractivity contribution in [3.8, 4) is 0 Å². The Hall–Kier alpha value is -2.70. The van der Waals surface area contributed by atoms with E-state index in [2.05, 4.69) is 22.0 Å². The molecule has 1 aliphatic carbocycles. The number of ketones is 1. The SMILES string of the molecule is CC(=O)SC1CCN(C(C(=O)C2CC2)c2ccccc2F)C/C1=C\c1c[nH]c2ccccc12. The minimum atomic E-state index is -0.589. The van der Waals surface area contributed by atoms with Crippen LogP contribution >= 0.6 is 11.8 Å². The first-order valence-corrected chi connectivity index (χ1v) is 12.3. The Bertz CT molecular complexity index is 1230. The number of benzene rings is 2. The molecule has 2 aliphatic rings. The van der Waals surface area contributed by atoms with Gasteiger partial charge in [0.2, 0.25) is 0 Å². The number of thioether (sulfide) groups is 1. The topological polar surface area (TPSA) is 53.2 Å². The fourth-order valence-electron chi connectivity index (χ4n) is 4.81. The number of rotatable bonds is 6. The van der Waals surface area contributed by atoms with E-state index in [9.17, 15) is 14.0 Å². The molecule has 2 atom stereocenters. The van der Waals surface area contributed by atoms with Crippen molar-refractivity contribution in [2.45, 2.75) is 37.5 Å². The van der Waals surface area contributed by atoms with Crippen molar-refractivity contribution in [1.82, 2.24) is 9.88 Å². The summed E-state index contributed by atoms with van der Waals surface area (Å²) in [4.78, 5) is 30.7. The average Bonchev–Trinajstić information content (AvgIpc) is 3.58. The van der Waals surface area contributed by atoms with Gasteiger partial charge in [-0.15, -0.1) is 0 Å². The smallest absolute Gasteiger partial charge is 0.186 e. The third kappa shape index (κ3) is 4.68. The van der Waals surface area contributed by atoms with Crippen molar-refractivity contribution in [2.24, 2.45) is 5.92 Å². The first-order valence-electron chi connectivity index (χ1n) is 11.5. The van der Waals surface area contributed by atoms with Crippen LogP contribution in [0.15, 0.2) is 60.3 Å². The Morgan fingerprint density at radius 3 is 2.64 bits per heavy atom. The summed E-state index contributed by atoms with van der Waals surface area (Å²) in [7, 11) is 0. The molecule has 1 aliphatic heterocycles. The number of fused-ring (bicyclic) bond motifs is 1. The zero-order valence-corrected chi connectivity index (χ0v) is 19.4. The van der Waals surface area contributed by atoms with Crippen molar-refractivity contribution in [3.05, 3.63) is 77.2 Å². The number of likely N-dealkylation sites (tertiary alicyclic amines) is 1. The quantitative estimate of drug-likeness (QED) is 0.506. The first kappa shape index (κ1) is 22.1. The zero-order valence-electron chi connectivity index (χ0n) is 18.6. The number of hydrogen-bond acceptors (Lipinski definition) is 4. The number of H-pyrrole nitrogens is 1. The number of carbonyl (C=O) groups excluding carboxylic acids is 2. The molecule has 6 heteroatoms. The van der Waals surface area contributed by atoms with Crippen molar-refractivity contribution >= 4 is 39.6 Å². The molecule has 33 heavy (non-hydrogen) atoms. The van der Waals surface area contributed by atoms with Crippen molar-refractivity contribution in [3.63, 3.8) is 0 Å². The third-order valence-electron chi connectivity index (χ3n) is 6.56. The second-order valence-corrected chi connectivity index (χ2v) is 10.3. The summed E-state index contributed by atoms with van der Waals surface area (Å²) in [5.41, 5.74) is 3.67. The monoisotopic (exact) mass is 462 g/mol.